The molecule has 4 nitrogen and oxygen atoms in total. The van der Waals surface area contributed by atoms with Crippen molar-refractivity contribution in [1.29, 1.82) is 0 Å². The van der Waals surface area contributed by atoms with Gasteiger partial charge in [0.1, 0.15) is 4.88 Å². The fourth-order valence-corrected chi connectivity index (χ4v) is 2.51. The van der Waals surface area contributed by atoms with E-state index >= 15 is 0 Å². The Hall–Kier alpha value is -1.27. The van der Waals surface area contributed by atoms with Gasteiger partial charge in [0.05, 0.1) is 16.8 Å². The van der Waals surface area contributed by atoms with Crippen LogP contribution in [0, 0.1) is 0 Å². The largest absolute Gasteiger partial charge is 0.477 e. The quantitative estimate of drug-likeness (QED) is 0.828. The molecule has 84 valence electrons. The second-order valence-corrected chi connectivity index (χ2v) is 4.59. The van der Waals surface area contributed by atoms with E-state index in [0.29, 0.717) is 4.88 Å². The second kappa shape index (κ2) is 4.31. The van der Waals surface area contributed by atoms with Crippen LogP contribution in [0.15, 0.2) is 22.5 Å². The lowest BCUT2D eigenvalue weighted by atomic mass is 10.2. The third kappa shape index (κ3) is 1.85. The Morgan fingerprint density at radius 1 is 1.69 bits per heavy atom. The molecule has 2 aromatic rings. The summed E-state index contributed by atoms with van der Waals surface area (Å²) in [6, 6.07) is 1.65. The maximum absolute atomic E-state index is 10.8. The monoisotopic (exact) mass is 254 g/mol. The van der Waals surface area contributed by atoms with E-state index in [4.69, 9.17) is 5.11 Å². The number of rotatable bonds is 3. The summed E-state index contributed by atoms with van der Waals surface area (Å²) in [5, 5.41) is 14.8. The molecule has 0 amide bonds. The number of aromatic carboxylic acids is 1. The molecule has 0 saturated heterocycles. The molecule has 2 aromatic heterocycles. The van der Waals surface area contributed by atoms with Gasteiger partial charge in [-0.15, -0.1) is 24.0 Å². The van der Waals surface area contributed by atoms with Crippen LogP contribution in [0.25, 0.3) is 11.3 Å². The number of hydrogen-bond donors (Lipinski definition) is 2. The summed E-state index contributed by atoms with van der Waals surface area (Å²) < 4.78 is 1.80. The van der Waals surface area contributed by atoms with Crippen molar-refractivity contribution in [3.63, 3.8) is 0 Å². The first-order valence-corrected chi connectivity index (χ1v) is 6.03. The average molecular weight is 254 g/mol. The number of carboxylic acid groups (broad SMARTS) is 1. The number of aryl methyl sites for hydroxylation is 1. The minimum atomic E-state index is -0.903. The molecule has 0 unspecified atom stereocenters. The third-order valence-electron chi connectivity index (χ3n) is 2.20. The molecule has 0 spiro atoms. The summed E-state index contributed by atoms with van der Waals surface area (Å²) in [5.41, 5.74) is 1.72. The highest BCUT2D eigenvalue weighted by Gasteiger charge is 2.14. The molecule has 0 bridgehead atoms. The molecule has 0 aliphatic carbocycles. The van der Waals surface area contributed by atoms with Crippen LogP contribution in [-0.4, -0.2) is 20.9 Å². The first-order chi connectivity index (χ1) is 7.63. The molecular formula is C10H10N2O2S2. The Balaban J connectivity index is 2.49. The van der Waals surface area contributed by atoms with Crippen LogP contribution in [-0.2, 0) is 6.54 Å². The normalized spacial score (nSPS) is 10.6. The van der Waals surface area contributed by atoms with Crippen LogP contribution < -0.4 is 0 Å². The molecule has 6 heteroatoms. The predicted octanol–water partition coefficient (Wildman–Crippen LogP) is 2.62. The van der Waals surface area contributed by atoms with Gasteiger partial charge in [0, 0.05) is 17.5 Å². The van der Waals surface area contributed by atoms with Crippen molar-refractivity contribution >= 4 is 29.9 Å². The van der Waals surface area contributed by atoms with Crippen LogP contribution in [0.5, 0.6) is 0 Å². The zero-order chi connectivity index (χ0) is 11.7. The zero-order valence-electron chi connectivity index (χ0n) is 8.54. The number of aromatic nitrogens is 2. The molecule has 2 heterocycles. The van der Waals surface area contributed by atoms with E-state index in [1.807, 2.05) is 12.3 Å². The first kappa shape index (κ1) is 11.2. The van der Waals surface area contributed by atoms with Gasteiger partial charge in [0.25, 0.3) is 0 Å². The number of carbonyl (C=O) groups is 1. The average Bonchev–Trinajstić information content (AvgIpc) is 2.83. The van der Waals surface area contributed by atoms with Gasteiger partial charge in [0.15, 0.2) is 0 Å². The molecule has 0 atom stereocenters. The maximum atomic E-state index is 10.8. The molecule has 0 saturated carbocycles. The predicted molar refractivity (Wildman–Crippen MR) is 65.4 cm³/mol. The van der Waals surface area contributed by atoms with Gasteiger partial charge in [0.2, 0.25) is 0 Å². The van der Waals surface area contributed by atoms with Crippen molar-refractivity contribution in [3.05, 3.63) is 22.5 Å². The highest BCUT2D eigenvalue weighted by Crippen LogP contribution is 2.30. The van der Waals surface area contributed by atoms with Crippen molar-refractivity contribution in [1.82, 2.24) is 9.78 Å². The fraction of sp³-hybridized carbons (Fsp3) is 0.200. The molecule has 2 rings (SSSR count). The molecule has 0 aliphatic heterocycles. The van der Waals surface area contributed by atoms with E-state index in [9.17, 15) is 4.79 Å². The topological polar surface area (TPSA) is 55.1 Å². The van der Waals surface area contributed by atoms with Crippen molar-refractivity contribution in [2.24, 2.45) is 0 Å². The molecular weight excluding hydrogens is 244 g/mol. The van der Waals surface area contributed by atoms with Crippen molar-refractivity contribution in [2.75, 3.05) is 0 Å². The van der Waals surface area contributed by atoms with E-state index in [0.717, 1.165) is 22.7 Å². The Bertz CT molecular complexity index is 531. The number of hydrogen-bond acceptors (Lipinski definition) is 4. The summed E-state index contributed by atoms with van der Waals surface area (Å²) in [6.45, 7) is 2.71. The molecule has 0 aliphatic rings. The van der Waals surface area contributed by atoms with Gasteiger partial charge >= 0.3 is 5.97 Å². The number of nitrogens with zero attached hydrogens (tertiary/aromatic N) is 2. The summed E-state index contributed by atoms with van der Waals surface area (Å²) in [5.74, 6) is -0.903. The van der Waals surface area contributed by atoms with E-state index in [-0.39, 0.29) is 0 Å². The molecule has 16 heavy (non-hydrogen) atoms. The van der Waals surface area contributed by atoms with Crippen molar-refractivity contribution in [2.45, 2.75) is 18.4 Å². The Morgan fingerprint density at radius 3 is 3.00 bits per heavy atom. The Kier molecular flexibility index (Phi) is 3.02. The fourth-order valence-electron chi connectivity index (χ4n) is 1.48. The SMILES string of the molecule is CCn1ncc(S)c1-c1csc(C(=O)O)c1. The van der Waals surface area contributed by atoms with Gasteiger partial charge in [-0.05, 0) is 13.0 Å². The second-order valence-electron chi connectivity index (χ2n) is 3.20. The standard InChI is InChI=1S/C10H10N2O2S2/c1-2-12-9(7(15)4-11-12)6-3-8(10(13)14)16-5-6/h3-5,15H,2H2,1H3,(H,13,14). The van der Waals surface area contributed by atoms with Gasteiger partial charge in [-0.2, -0.15) is 5.10 Å². The van der Waals surface area contributed by atoms with E-state index in [2.05, 4.69) is 17.7 Å². The van der Waals surface area contributed by atoms with E-state index < -0.39 is 5.97 Å². The molecule has 0 fully saturated rings. The van der Waals surface area contributed by atoms with Gasteiger partial charge in [-0.25, -0.2) is 4.79 Å². The highest BCUT2D eigenvalue weighted by atomic mass is 32.1. The Labute approximate surface area is 102 Å². The zero-order valence-corrected chi connectivity index (χ0v) is 10.3. The summed E-state index contributed by atoms with van der Waals surface area (Å²) in [7, 11) is 0. The minimum absolute atomic E-state index is 0.326. The van der Waals surface area contributed by atoms with Crippen LogP contribution in [0.1, 0.15) is 16.6 Å². The molecule has 0 aromatic carbocycles. The van der Waals surface area contributed by atoms with Crippen LogP contribution >= 0.6 is 24.0 Å². The number of thiol groups is 1. The lowest BCUT2D eigenvalue weighted by Gasteiger charge is -2.02. The van der Waals surface area contributed by atoms with Crippen molar-refractivity contribution < 1.29 is 9.90 Å². The van der Waals surface area contributed by atoms with E-state index in [1.54, 1.807) is 16.9 Å². The van der Waals surface area contributed by atoms with Gasteiger partial charge in [-0.1, -0.05) is 0 Å². The minimum Gasteiger partial charge on any atom is -0.477 e. The summed E-state index contributed by atoms with van der Waals surface area (Å²) in [4.78, 5) is 11.9. The van der Waals surface area contributed by atoms with Crippen molar-refractivity contribution in [3.8, 4) is 11.3 Å². The van der Waals surface area contributed by atoms with Crippen LogP contribution in [0.4, 0.5) is 0 Å². The lowest BCUT2D eigenvalue weighted by Crippen LogP contribution is -1.98. The molecule has 0 radical (unpaired) electrons. The molecule has 1 N–H and O–H groups in total. The maximum Gasteiger partial charge on any atom is 0.345 e. The first-order valence-electron chi connectivity index (χ1n) is 4.70. The number of carboxylic acids is 1. The summed E-state index contributed by atoms with van der Waals surface area (Å²) >= 11 is 5.53. The van der Waals surface area contributed by atoms with Crippen LogP contribution in [0.3, 0.4) is 0 Å². The van der Waals surface area contributed by atoms with Gasteiger partial charge < -0.3 is 5.11 Å². The van der Waals surface area contributed by atoms with Crippen LogP contribution in [0.2, 0.25) is 0 Å². The highest BCUT2D eigenvalue weighted by molar-refractivity contribution is 7.80. The smallest absolute Gasteiger partial charge is 0.345 e. The van der Waals surface area contributed by atoms with E-state index in [1.165, 1.54) is 11.3 Å². The Morgan fingerprint density at radius 2 is 2.44 bits per heavy atom. The third-order valence-corrected chi connectivity index (χ3v) is 3.45. The lowest BCUT2D eigenvalue weighted by molar-refractivity contribution is 0.0702. The van der Waals surface area contributed by atoms with Gasteiger partial charge in [-0.3, -0.25) is 4.68 Å². The number of thiophene rings is 1. The summed E-state index contributed by atoms with van der Waals surface area (Å²) in [6.07, 6.45) is 1.67.